The Morgan fingerprint density at radius 1 is 1.05 bits per heavy atom. The summed E-state index contributed by atoms with van der Waals surface area (Å²) < 4.78 is 17.2. The van der Waals surface area contributed by atoms with Crippen LogP contribution in [0.5, 0.6) is 5.75 Å². The molecule has 1 amide bonds. The van der Waals surface area contributed by atoms with Crippen molar-refractivity contribution >= 4 is 40.2 Å². The van der Waals surface area contributed by atoms with Gasteiger partial charge in [0.2, 0.25) is 11.7 Å². The van der Waals surface area contributed by atoms with Crippen LogP contribution in [0.1, 0.15) is 62.5 Å². The molecule has 0 atom stereocenters. The van der Waals surface area contributed by atoms with E-state index in [-0.39, 0.29) is 18.1 Å². The highest BCUT2D eigenvalue weighted by Crippen LogP contribution is 2.31. The fourth-order valence-corrected chi connectivity index (χ4v) is 4.79. The maximum atomic E-state index is 12.9. The molecule has 0 spiro atoms. The molecular formula is C29H27ClN2O5. The van der Waals surface area contributed by atoms with E-state index in [1.165, 1.54) is 0 Å². The number of nitrogens with zero attached hydrogens (tertiary/aromatic N) is 1. The van der Waals surface area contributed by atoms with Gasteiger partial charge in [-0.1, -0.05) is 23.7 Å². The molecule has 2 heterocycles. The number of hydrogen-bond acceptors (Lipinski definition) is 6. The van der Waals surface area contributed by atoms with E-state index in [9.17, 15) is 9.59 Å². The fraction of sp³-hybridized carbons (Fsp3) is 0.276. The number of nitrogens with one attached hydrogen (secondary N) is 1. The Morgan fingerprint density at radius 2 is 1.86 bits per heavy atom. The molecule has 1 aliphatic carbocycles. The maximum absolute atomic E-state index is 12.9. The maximum Gasteiger partial charge on any atom is 0.379 e. The van der Waals surface area contributed by atoms with Crippen molar-refractivity contribution in [3.63, 3.8) is 0 Å². The number of rotatable bonds is 5. The smallest absolute Gasteiger partial charge is 0.379 e. The number of benzene rings is 2. The van der Waals surface area contributed by atoms with Crippen molar-refractivity contribution in [1.82, 2.24) is 5.43 Å². The van der Waals surface area contributed by atoms with Gasteiger partial charge < -0.3 is 13.6 Å². The van der Waals surface area contributed by atoms with E-state index in [1.807, 2.05) is 32.9 Å². The monoisotopic (exact) mass is 518 g/mol. The predicted molar refractivity (Wildman–Crippen MR) is 142 cm³/mol. The standard InChI is InChI=1S/C29H27ClN2O5/c1-15-8-10-21-19(14-35-27(21)17(15)3)13-25(33)32-31-23-6-5-7-24-26(23)18(4)28(37-24)29(34)36-20-9-11-22(30)16(2)12-20/h8-12,14H,5-7,13H2,1-4H3,(H,32,33)/b31-23+. The zero-order valence-corrected chi connectivity index (χ0v) is 21.9. The lowest BCUT2D eigenvalue weighted by Crippen LogP contribution is -2.23. The number of ether oxygens (including phenoxy) is 1. The van der Waals surface area contributed by atoms with Crippen LogP contribution in [-0.4, -0.2) is 17.6 Å². The molecule has 0 aliphatic heterocycles. The van der Waals surface area contributed by atoms with Crippen molar-refractivity contribution in [1.29, 1.82) is 0 Å². The lowest BCUT2D eigenvalue weighted by molar-refractivity contribution is -0.120. The molecule has 2 aromatic heterocycles. The lowest BCUT2D eigenvalue weighted by Gasteiger charge is -2.13. The number of halogens is 1. The Labute approximate surface area is 219 Å². The summed E-state index contributed by atoms with van der Waals surface area (Å²) in [5.41, 5.74) is 9.37. The first kappa shape index (κ1) is 24.8. The van der Waals surface area contributed by atoms with Crippen molar-refractivity contribution in [3.05, 3.63) is 86.5 Å². The van der Waals surface area contributed by atoms with Crippen LogP contribution in [0.3, 0.4) is 0 Å². The number of amides is 1. The topological polar surface area (TPSA) is 94.0 Å². The highest BCUT2D eigenvalue weighted by atomic mass is 35.5. The SMILES string of the molecule is Cc1cc(OC(=O)c2oc3c(c2C)/C(=N/NC(=O)Cc2coc4c(C)c(C)ccc24)CCC3)ccc1Cl. The van der Waals surface area contributed by atoms with E-state index in [1.54, 1.807) is 31.4 Å². The summed E-state index contributed by atoms with van der Waals surface area (Å²) in [7, 11) is 0. The summed E-state index contributed by atoms with van der Waals surface area (Å²) in [5.74, 6) is 0.351. The Hall–Kier alpha value is -3.84. The minimum Gasteiger partial charge on any atom is -0.464 e. The summed E-state index contributed by atoms with van der Waals surface area (Å²) in [4.78, 5) is 25.6. The van der Waals surface area contributed by atoms with Gasteiger partial charge in [0, 0.05) is 33.5 Å². The molecule has 2 aromatic carbocycles. The van der Waals surface area contributed by atoms with Crippen LogP contribution in [-0.2, 0) is 17.6 Å². The van der Waals surface area contributed by atoms with Crippen LogP contribution in [0.15, 0.2) is 50.5 Å². The summed E-state index contributed by atoms with van der Waals surface area (Å²) in [6, 6.07) is 9.02. The van der Waals surface area contributed by atoms with Gasteiger partial charge in [0.25, 0.3) is 0 Å². The Bertz CT molecular complexity index is 1580. The van der Waals surface area contributed by atoms with Crippen molar-refractivity contribution in [2.75, 3.05) is 0 Å². The average molecular weight is 519 g/mol. The summed E-state index contributed by atoms with van der Waals surface area (Å²) in [5, 5.41) is 5.94. The van der Waals surface area contributed by atoms with Crippen LogP contribution in [0.2, 0.25) is 5.02 Å². The Morgan fingerprint density at radius 3 is 2.65 bits per heavy atom. The second-order valence-corrected chi connectivity index (χ2v) is 9.83. The van der Waals surface area contributed by atoms with E-state index in [4.69, 9.17) is 25.2 Å². The third kappa shape index (κ3) is 4.79. The Balaban J connectivity index is 1.33. The van der Waals surface area contributed by atoms with Gasteiger partial charge >= 0.3 is 5.97 Å². The van der Waals surface area contributed by atoms with E-state index in [0.29, 0.717) is 40.6 Å². The minimum absolute atomic E-state index is 0.133. The lowest BCUT2D eigenvalue weighted by atomic mass is 9.93. The van der Waals surface area contributed by atoms with Crippen molar-refractivity contribution in [2.45, 2.75) is 53.4 Å². The van der Waals surface area contributed by atoms with Crippen molar-refractivity contribution < 1.29 is 23.2 Å². The second kappa shape index (κ2) is 9.90. The molecule has 0 unspecified atom stereocenters. The van der Waals surface area contributed by atoms with Crippen molar-refractivity contribution in [2.24, 2.45) is 5.10 Å². The van der Waals surface area contributed by atoms with Crippen molar-refractivity contribution in [3.8, 4) is 5.75 Å². The van der Waals surface area contributed by atoms with E-state index >= 15 is 0 Å². The quantitative estimate of drug-likeness (QED) is 0.184. The normalized spacial score (nSPS) is 14.1. The number of hydrogen-bond donors (Lipinski definition) is 1. The molecule has 0 fully saturated rings. The molecule has 190 valence electrons. The molecular weight excluding hydrogens is 492 g/mol. The van der Waals surface area contributed by atoms with Gasteiger partial charge in [-0.3, -0.25) is 4.79 Å². The van der Waals surface area contributed by atoms with Gasteiger partial charge in [-0.25, -0.2) is 10.2 Å². The first-order valence-corrected chi connectivity index (χ1v) is 12.5. The van der Waals surface area contributed by atoms with Gasteiger partial charge in [-0.15, -0.1) is 0 Å². The molecule has 5 rings (SSSR count). The molecule has 0 saturated heterocycles. The summed E-state index contributed by atoms with van der Waals surface area (Å²) in [6.07, 6.45) is 3.90. The number of fused-ring (bicyclic) bond motifs is 2. The van der Waals surface area contributed by atoms with Gasteiger partial charge in [0.15, 0.2) is 0 Å². The molecule has 0 radical (unpaired) electrons. The average Bonchev–Trinajstić information content (AvgIpc) is 3.44. The summed E-state index contributed by atoms with van der Waals surface area (Å²) in [6.45, 7) is 7.67. The zero-order chi connectivity index (χ0) is 26.3. The highest BCUT2D eigenvalue weighted by Gasteiger charge is 2.29. The highest BCUT2D eigenvalue weighted by molar-refractivity contribution is 6.31. The summed E-state index contributed by atoms with van der Waals surface area (Å²) >= 11 is 6.07. The second-order valence-electron chi connectivity index (χ2n) is 9.42. The molecule has 8 heteroatoms. The molecule has 7 nitrogen and oxygen atoms in total. The largest absolute Gasteiger partial charge is 0.464 e. The van der Waals surface area contributed by atoms with Crippen LogP contribution < -0.4 is 10.2 Å². The number of esters is 1. The molecule has 4 aromatic rings. The van der Waals surface area contributed by atoms with Crippen LogP contribution in [0.25, 0.3) is 11.0 Å². The molecule has 37 heavy (non-hydrogen) atoms. The molecule has 1 N–H and O–H groups in total. The van der Waals surface area contributed by atoms with Gasteiger partial charge in [-0.2, -0.15) is 5.10 Å². The van der Waals surface area contributed by atoms with Crippen LogP contribution in [0.4, 0.5) is 0 Å². The number of carbonyl (C=O) groups is 2. The third-order valence-corrected chi connectivity index (χ3v) is 7.28. The van der Waals surface area contributed by atoms with E-state index in [0.717, 1.165) is 45.2 Å². The third-order valence-electron chi connectivity index (χ3n) is 6.86. The van der Waals surface area contributed by atoms with Crippen LogP contribution in [0, 0.1) is 27.7 Å². The predicted octanol–water partition coefficient (Wildman–Crippen LogP) is 6.53. The first-order valence-electron chi connectivity index (χ1n) is 12.2. The van der Waals surface area contributed by atoms with Gasteiger partial charge in [0.1, 0.15) is 17.1 Å². The number of carbonyl (C=O) groups excluding carboxylic acids is 2. The van der Waals surface area contributed by atoms with E-state index < -0.39 is 5.97 Å². The fourth-order valence-electron chi connectivity index (χ4n) is 4.68. The molecule has 0 bridgehead atoms. The van der Waals surface area contributed by atoms with Crippen LogP contribution >= 0.6 is 11.6 Å². The number of hydrazone groups is 1. The van der Waals surface area contributed by atoms with Gasteiger partial charge in [0.05, 0.1) is 18.4 Å². The minimum atomic E-state index is -0.589. The van der Waals surface area contributed by atoms with E-state index in [2.05, 4.69) is 10.5 Å². The van der Waals surface area contributed by atoms with Gasteiger partial charge in [-0.05, 0) is 75.4 Å². The number of furan rings is 2. The molecule has 0 saturated carbocycles. The first-order chi connectivity index (χ1) is 17.7. The Kier molecular flexibility index (Phi) is 6.65. The number of aryl methyl sites for hydroxylation is 4. The molecule has 1 aliphatic rings. The zero-order valence-electron chi connectivity index (χ0n) is 21.2.